The molecule has 0 heterocycles. The molecule has 0 aliphatic heterocycles. The van der Waals surface area contributed by atoms with E-state index in [9.17, 15) is 9.50 Å². The SMILES string of the molecule is Cc1c(I)cccc1NCc1cc(O)cc(F)c1. The molecule has 0 aromatic heterocycles. The number of halogens is 2. The molecule has 0 unspecified atom stereocenters. The van der Waals surface area contributed by atoms with Gasteiger partial charge in [-0.1, -0.05) is 6.07 Å². The molecule has 18 heavy (non-hydrogen) atoms. The fraction of sp³-hybridized carbons (Fsp3) is 0.143. The molecule has 2 aromatic rings. The maximum Gasteiger partial charge on any atom is 0.127 e. The Bertz CT molecular complexity index is 551. The van der Waals surface area contributed by atoms with Crippen LogP contribution in [-0.4, -0.2) is 5.11 Å². The molecule has 0 spiro atoms. The quantitative estimate of drug-likeness (QED) is 0.813. The smallest absolute Gasteiger partial charge is 0.127 e. The lowest BCUT2D eigenvalue weighted by molar-refractivity contribution is 0.468. The van der Waals surface area contributed by atoms with E-state index in [1.54, 1.807) is 6.07 Å². The Balaban J connectivity index is 2.14. The zero-order chi connectivity index (χ0) is 13.1. The Kier molecular flexibility index (Phi) is 4.06. The Hall–Kier alpha value is -1.30. The second kappa shape index (κ2) is 5.56. The molecule has 0 saturated heterocycles. The van der Waals surface area contributed by atoms with E-state index >= 15 is 0 Å². The molecular weight excluding hydrogens is 344 g/mol. The first kappa shape index (κ1) is 13.1. The van der Waals surface area contributed by atoms with E-state index in [0.29, 0.717) is 12.1 Å². The van der Waals surface area contributed by atoms with Crippen LogP contribution in [0.4, 0.5) is 10.1 Å². The van der Waals surface area contributed by atoms with Crippen molar-refractivity contribution >= 4 is 28.3 Å². The highest BCUT2D eigenvalue weighted by molar-refractivity contribution is 14.1. The predicted octanol–water partition coefficient (Wildman–Crippen LogP) is 4.06. The first-order valence-electron chi connectivity index (χ1n) is 5.53. The van der Waals surface area contributed by atoms with Gasteiger partial charge in [0.25, 0.3) is 0 Å². The summed E-state index contributed by atoms with van der Waals surface area (Å²) in [7, 11) is 0. The summed E-state index contributed by atoms with van der Waals surface area (Å²) >= 11 is 2.27. The molecule has 0 saturated carbocycles. The van der Waals surface area contributed by atoms with Crippen molar-refractivity contribution in [2.24, 2.45) is 0 Å². The zero-order valence-corrected chi connectivity index (χ0v) is 12.0. The largest absolute Gasteiger partial charge is 0.508 e. The summed E-state index contributed by atoms with van der Waals surface area (Å²) in [6, 6.07) is 10.1. The van der Waals surface area contributed by atoms with Crippen LogP contribution in [0.3, 0.4) is 0 Å². The second-order valence-electron chi connectivity index (χ2n) is 4.08. The molecule has 2 N–H and O–H groups in total. The molecular formula is C14H13FINO. The van der Waals surface area contributed by atoms with E-state index in [4.69, 9.17) is 0 Å². The lowest BCUT2D eigenvalue weighted by Gasteiger charge is -2.11. The highest BCUT2D eigenvalue weighted by Crippen LogP contribution is 2.22. The molecule has 2 rings (SSSR count). The van der Waals surface area contributed by atoms with Crippen molar-refractivity contribution < 1.29 is 9.50 Å². The molecule has 0 bridgehead atoms. The normalized spacial score (nSPS) is 10.4. The van der Waals surface area contributed by atoms with Gasteiger partial charge in [-0.2, -0.15) is 0 Å². The van der Waals surface area contributed by atoms with Gasteiger partial charge in [0.1, 0.15) is 11.6 Å². The van der Waals surface area contributed by atoms with Gasteiger partial charge in [0.15, 0.2) is 0 Å². The average molecular weight is 357 g/mol. The number of hydrogen-bond acceptors (Lipinski definition) is 2. The Morgan fingerprint density at radius 3 is 2.78 bits per heavy atom. The highest BCUT2D eigenvalue weighted by Gasteiger charge is 2.03. The first-order chi connectivity index (χ1) is 8.56. The van der Waals surface area contributed by atoms with Crippen LogP contribution in [0.1, 0.15) is 11.1 Å². The van der Waals surface area contributed by atoms with Gasteiger partial charge >= 0.3 is 0 Å². The number of aromatic hydroxyl groups is 1. The van der Waals surface area contributed by atoms with Gasteiger partial charge in [-0.15, -0.1) is 0 Å². The van der Waals surface area contributed by atoms with Crippen LogP contribution in [0.2, 0.25) is 0 Å². The number of phenols is 1. The van der Waals surface area contributed by atoms with Gasteiger partial charge in [-0.3, -0.25) is 0 Å². The van der Waals surface area contributed by atoms with Crippen LogP contribution in [0.25, 0.3) is 0 Å². The average Bonchev–Trinajstić information content (AvgIpc) is 2.30. The fourth-order valence-corrected chi connectivity index (χ4v) is 2.23. The van der Waals surface area contributed by atoms with Gasteiger partial charge in [-0.25, -0.2) is 4.39 Å². The molecule has 2 aromatic carbocycles. The predicted molar refractivity (Wildman–Crippen MR) is 79.3 cm³/mol. The lowest BCUT2D eigenvalue weighted by Crippen LogP contribution is -2.02. The monoisotopic (exact) mass is 357 g/mol. The summed E-state index contributed by atoms with van der Waals surface area (Å²) < 4.78 is 14.3. The minimum Gasteiger partial charge on any atom is -0.508 e. The van der Waals surface area contributed by atoms with Crippen molar-refractivity contribution in [3.8, 4) is 5.75 Å². The summed E-state index contributed by atoms with van der Waals surface area (Å²) in [6.07, 6.45) is 0. The van der Waals surface area contributed by atoms with Crippen molar-refractivity contribution in [2.45, 2.75) is 13.5 Å². The number of phenolic OH excluding ortho intramolecular Hbond substituents is 1. The minimum absolute atomic E-state index is 0.0498. The van der Waals surface area contributed by atoms with E-state index in [-0.39, 0.29) is 5.75 Å². The molecule has 0 atom stereocenters. The maximum atomic E-state index is 13.1. The van der Waals surface area contributed by atoms with Crippen LogP contribution in [-0.2, 0) is 6.54 Å². The van der Waals surface area contributed by atoms with Crippen LogP contribution in [0, 0.1) is 16.3 Å². The molecule has 2 nitrogen and oxygen atoms in total. The highest BCUT2D eigenvalue weighted by atomic mass is 127. The molecule has 0 aliphatic carbocycles. The van der Waals surface area contributed by atoms with E-state index in [1.165, 1.54) is 15.2 Å². The summed E-state index contributed by atoms with van der Waals surface area (Å²) in [4.78, 5) is 0. The molecule has 0 aliphatic rings. The Morgan fingerprint density at radius 1 is 1.28 bits per heavy atom. The van der Waals surface area contributed by atoms with Crippen molar-refractivity contribution in [3.05, 3.63) is 56.9 Å². The number of benzene rings is 2. The lowest BCUT2D eigenvalue weighted by atomic mass is 10.1. The standard InChI is InChI=1S/C14H13FINO/c1-9-13(16)3-2-4-14(9)17-8-10-5-11(15)7-12(18)6-10/h2-7,17-18H,8H2,1H3. The summed E-state index contributed by atoms with van der Waals surface area (Å²) in [5.41, 5.74) is 2.90. The summed E-state index contributed by atoms with van der Waals surface area (Å²) in [6.45, 7) is 2.51. The van der Waals surface area contributed by atoms with Crippen molar-refractivity contribution in [1.82, 2.24) is 0 Å². The Labute approximate surface area is 119 Å². The van der Waals surface area contributed by atoms with E-state index in [0.717, 1.165) is 11.8 Å². The van der Waals surface area contributed by atoms with E-state index in [2.05, 4.69) is 27.9 Å². The van der Waals surface area contributed by atoms with Crippen LogP contribution in [0.15, 0.2) is 36.4 Å². The van der Waals surface area contributed by atoms with Crippen LogP contribution in [0.5, 0.6) is 5.75 Å². The fourth-order valence-electron chi connectivity index (χ4n) is 1.73. The minimum atomic E-state index is -0.425. The number of nitrogens with one attached hydrogen (secondary N) is 1. The van der Waals surface area contributed by atoms with Crippen molar-refractivity contribution in [1.29, 1.82) is 0 Å². The third kappa shape index (κ3) is 3.13. The van der Waals surface area contributed by atoms with Gasteiger partial charge in [0.05, 0.1) is 0 Å². The number of anilines is 1. The second-order valence-corrected chi connectivity index (χ2v) is 5.25. The summed E-state index contributed by atoms with van der Waals surface area (Å²) in [5, 5.41) is 12.6. The molecule has 0 fully saturated rings. The van der Waals surface area contributed by atoms with Gasteiger partial charge < -0.3 is 10.4 Å². The summed E-state index contributed by atoms with van der Waals surface area (Å²) in [5.74, 6) is -0.475. The molecule has 94 valence electrons. The molecule has 0 amide bonds. The van der Waals surface area contributed by atoms with Crippen molar-refractivity contribution in [3.63, 3.8) is 0 Å². The van der Waals surface area contributed by atoms with Gasteiger partial charge in [0.2, 0.25) is 0 Å². The topological polar surface area (TPSA) is 32.3 Å². The third-order valence-electron chi connectivity index (χ3n) is 2.69. The van der Waals surface area contributed by atoms with Gasteiger partial charge in [-0.05, 0) is 64.9 Å². The molecule has 4 heteroatoms. The van der Waals surface area contributed by atoms with E-state index < -0.39 is 5.82 Å². The van der Waals surface area contributed by atoms with Crippen molar-refractivity contribution in [2.75, 3.05) is 5.32 Å². The van der Waals surface area contributed by atoms with Crippen LogP contribution >= 0.6 is 22.6 Å². The molecule has 0 radical (unpaired) electrons. The maximum absolute atomic E-state index is 13.1. The first-order valence-corrected chi connectivity index (χ1v) is 6.61. The van der Waals surface area contributed by atoms with Crippen LogP contribution < -0.4 is 5.32 Å². The third-order valence-corrected chi connectivity index (χ3v) is 3.86. The van der Waals surface area contributed by atoms with E-state index in [1.807, 2.05) is 25.1 Å². The Morgan fingerprint density at radius 2 is 2.06 bits per heavy atom. The van der Waals surface area contributed by atoms with Gasteiger partial charge in [0, 0.05) is 21.9 Å². The number of hydrogen-bond donors (Lipinski definition) is 2. The number of rotatable bonds is 3. The zero-order valence-electron chi connectivity index (χ0n) is 9.87.